The van der Waals surface area contributed by atoms with Gasteiger partial charge >= 0.3 is 0 Å². The van der Waals surface area contributed by atoms with Gasteiger partial charge in [-0.1, -0.05) is 26.8 Å². The van der Waals surface area contributed by atoms with Crippen LogP contribution in [0, 0.1) is 19.8 Å². The summed E-state index contributed by atoms with van der Waals surface area (Å²) in [4.78, 5) is 0. The Labute approximate surface area is 106 Å². The van der Waals surface area contributed by atoms with E-state index in [9.17, 15) is 0 Å². The number of hydrogen-bond donors (Lipinski definition) is 0. The third kappa shape index (κ3) is 4.41. The average molecular weight is 234 g/mol. The minimum atomic E-state index is 0.768. The van der Waals surface area contributed by atoms with Crippen LogP contribution in [0.3, 0.4) is 0 Å². The van der Waals surface area contributed by atoms with Gasteiger partial charge in [-0.15, -0.1) is 0 Å². The predicted octanol–water partition coefficient (Wildman–Crippen LogP) is 4.68. The zero-order valence-corrected chi connectivity index (χ0v) is 12.0. The van der Waals surface area contributed by atoms with Crippen molar-refractivity contribution >= 4 is 0 Å². The molecule has 1 aromatic rings. The standard InChI is InChI=1S/C16H26O/c1-6-15-10-14(5)16(11-13(15)4)17-9-7-8-12(2)3/h10-12H,6-9H2,1-5H3. The second kappa shape index (κ2) is 6.68. The van der Waals surface area contributed by atoms with E-state index in [4.69, 9.17) is 4.74 Å². The Morgan fingerprint density at radius 3 is 2.41 bits per heavy atom. The molecule has 0 saturated carbocycles. The van der Waals surface area contributed by atoms with Crippen LogP contribution in [-0.4, -0.2) is 6.61 Å². The molecule has 96 valence electrons. The monoisotopic (exact) mass is 234 g/mol. The molecule has 1 nitrogen and oxygen atoms in total. The van der Waals surface area contributed by atoms with Gasteiger partial charge in [0.15, 0.2) is 0 Å². The topological polar surface area (TPSA) is 9.23 Å². The molecular formula is C16H26O. The Hall–Kier alpha value is -0.980. The fourth-order valence-corrected chi connectivity index (χ4v) is 2.06. The molecule has 0 fully saturated rings. The number of ether oxygens (including phenoxy) is 1. The first kappa shape index (κ1) is 14.1. The Kier molecular flexibility index (Phi) is 5.54. The van der Waals surface area contributed by atoms with E-state index in [2.05, 4.69) is 46.8 Å². The minimum Gasteiger partial charge on any atom is -0.493 e. The summed E-state index contributed by atoms with van der Waals surface area (Å²) in [7, 11) is 0. The van der Waals surface area contributed by atoms with E-state index in [1.165, 1.54) is 23.1 Å². The summed E-state index contributed by atoms with van der Waals surface area (Å²) in [6.45, 7) is 11.8. The number of hydrogen-bond acceptors (Lipinski definition) is 1. The summed E-state index contributed by atoms with van der Waals surface area (Å²) in [6, 6.07) is 4.44. The van der Waals surface area contributed by atoms with Crippen LogP contribution in [0.15, 0.2) is 12.1 Å². The number of rotatable bonds is 6. The molecule has 0 aliphatic rings. The molecule has 0 saturated heterocycles. The first-order chi connectivity index (χ1) is 8.04. The van der Waals surface area contributed by atoms with Gasteiger partial charge in [0.1, 0.15) is 5.75 Å². The van der Waals surface area contributed by atoms with Crippen LogP contribution in [0.2, 0.25) is 0 Å². The zero-order valence-electron chi connectivity index (χ0n) is 12.0. The van der Waals surface area contributed by atoms with Crippen molar-refractivity contribution in [2.24, 2.45) is 5.92 Å². The van der Waals surface area contributed by atoms with E-state index in [1.807, 2.05) is 0 Å². The van der Waals surface area contributed by atoms with Gasteiger partial charge in [0, 0.05) is 0 Å². The summed E-state index contributed by atoms with van der Waals surface area (Å²) in [6.07, 6.45) is 3.48. The molecule has 0 unspecified atom stereocenters. The molecule has 1 aromatic carbocycles. The van der Waals surface area contributed by atoms with Gasteiger partial charge < -0.3 is 4.74 Å². The molecule has 17 heavy (non-hydrogen) atoms. The first-order valence-corrected chi connectivity index (χ1v) is 6.77. The van der Waals surface area contributed by atoms with E-state index in [-0.39, 0.29) is 0 Å². The van der Waals surface area contributed by atoms with Crippen LogP contribution in [0.5, 0.6) is 5.75 Å². The fraction of sp³-hybridized carbons (Fsp3) is 0.625. The molecule has 0 amide bonds. The van der Waals surface area contributed by atoms with Crippen molar-refractivity contribution in [3.8, 4) is 5.75 Å². The average Bonchev–Trinajstić information content (AvgIpc) is 2.28. The van der Waals surface area contributed by atoms with Crippen molar-refractivity contribution in [1.82, 2.24) is 0 Å². The molecule has 0 aromatic heterocycles. The maximum absolute atomic E-state index is 5.87. The van der Waals surface area contributed by atoms with Crippen LogP contribution in [-0.2, 0) is 6.42 Å². The molecule has 0 N–H and O–H groups in total. The maximum atomic E-state index is 5.87. The van der Waals surface area contributed by atoms with Gasteiger partial charge in [0.05, 0.1) is 6.61 Å². The Bertz CT molecular complexity index is 353. The molecule has 1 heteroatoms. The second-order valence-corrected chi connectivity index (χ2v) is 5.28. The summed E-state index contributed by atoms with van der Waals surface area (Å²) >= 11 is 0. The number of benzene rings is 1. The highest BCUT2D eigenvalue weighted by Crippen LogP contribution is 2.23. The van der Waals surface area contributed by atoms with Crippen LogP contribution in [0.1, 0.15) is 50.3 Å². The lowest BCUT2D eigenvalue weighted by Gasteiger charge is -2.13. The maximum Gasteiger partial charge on any atom is 0.122 e. The van der Waals surface area contributed by atoms with E-state index in [1.54, 1.807) is 0 Å². The normalized spacial score (nSPS) is 10.9. The van der Waals surface area contributed by atoms with Crippen molar-refractivity contribution in [1.29, 1.82) is 0 Å². The molecule has 0 aliphatic carbocycles. The fourth-order valence-electron chi connectivity index (χ4n) is 2.06. The van der Waals surface area contributed by atoms with Crippen LogP contribution >= 0.6 is 0 Å². The van der Waals surface area contributed by atoms with Gasteiger partial charge in [-0.2, -0.15) is 0 Å². The number of aryl methyl sites for hydroxylation is 3. The van der Waals surface area contributed by atoms with Crippen LogP contribution in [0.25, 0.3) is 0 Å². The Morgan fingerprint density at radius 1 is 1.12 bits per heavy atom. The largest absolute Gasteiger partial charge is 0.493 e. The smallest absolute Gasteiger partial charge is 0.122 e. The molecule has 0 aliphatic heterocycles. The van der Waals surface area contributed by atoms with Gasteiger partial charge in [0.25, 0.3) is 0 Å². The highest BCUT2D eigenvalue weighted by molar-refractivity contribution is 5.41. The lowest BCUT2D eigenvalue weighted by Crippen LogP contribution is -2.02. The molecular weight excluding hydrogens is 208 g/mol. The van der Waals surface area contributed by atoms with Crippen molar-refractivity contribution < 1.29 is 4.74 Å². The molecule has 1 rings (SSSR count). The SMILES string of the molecule is CCc1cc(C)c(OCCCC(C)C)cc1C. The Balaban J connectivity index is 2.56. The van der Waals surface area contributed by atoms with E-state index in [0.29, 0.717) is 0 Å². The van der Waals surface area contributed by atoms with Gasteiger partial charge in [0.2, 0.25) is 0 Å². The zero-order chi connectivity index (χ0) is 12.8. The van der Waals surface area contributed by atoms with E-state index >= 15 is 0 Å². The quantitative estimate of drug-likeness (QED) is 0.649. The molecule has 0 bridgehead atoms. The minimum absolute atomic E-state index is 0.768. The van der Waals surface area contributed by atoms with Crippen molar-refractivity contribution in [2.75, 3.05) is 6.61 Å². The molecule has 0 radical (unpaired) electrons. The van der Waals surface area contributed by atoms with E-state index in [0.717, 1.165) is 31.1 Å². The highest BCUT2D eigenvalue weighted by atomic mass is 16.5. The molecule has 0 heterocycles. The molecule has 0 spiro atoms. The Morgan fingerprint density at radius 2 is 1.82 bits per heavy atom. The third-order valence-corrected chi connectivity index (χ3v) is 3.20. The van der Waals surface area contributed by atoms with Crippen molar-refractivity contribution in [3.05, 3.63) is 28.8 Å². The molecule has 0 atom stereocenters. The van der Waals surface area contributed by atoms with Crippen molar-refractivity contribution in [3.63, 3.8) is 0 Å². The summed E-state index contributed by atoms with van der Waals surface area (Å²) in [5.74, 6) is 1.83. The third-order valence-electron chi connectivity index (χ3n) is 3.20. The van der Waals surface area contributed by atoms with Crippen molar-refractivity contribution in [2.45, 2.75) is 53.9 Å². The highest BCUT2D eigenvalue weighted by Gasteiger charge is 2.04. The second-order valence-electron chi connectivity index (χ2n) is 5.28. The summed E-state index contributed by atoms with van der Waals surface area (Å²) in [5, 5.41) is 0. The van der Waals surface area contributed by atoms with Crippen LogP contribution < -0.4 is 4.74 Å². The van der Waals surface area contributed by atoms with E-state index < -0.39 is 0 Å². The first-order valence-electron chi connectivity index (χ1n) is 6.77. The van der Waals surface area contributed by atoms with Gasteiger partial charge in [-0.3, -0.25) is 0 Å². The van der Waals surface area contributed by atoms with Gasteiger partial charge in [-0.05, 0) is 61.8 Å². The summed E-state index contributed by atoms with van der Waals surface area (Å²) in [5.41, 5.74) is 4.03. The summed E-state index contributed by atoms with van der Waals surface area (Å²) < 4.78 is 5.87. The van der Waals surface area contributed by atoms with Gasteiger partial charge in [-0.25, -0.2) is 0 Å². The van der Waals surface area contributed by atoms with Crippen LogP contribution in [0.4, 0.5) is 0 Å². The predicted molar refractivity (Wildman–Crippen MR) is 74.9 cm³/mol. The lowest BCUT2D eigenvalue weighted by molar-refractivity contribution is 0.295. The lowest BCUT2D eigenvalue weighted by atomic mass is 10.0.